The molecule has 28 heavy (non-hydrogen) atoms. The van der Waals surface area contributed by atoms with Crippen LogP contribution in [0.3, 0.4) is 0 Å². The van der Waals surface area contributed by atoms with Crippen LogP contribution in [-0.2, 0) is 28.6 Å². The number of unbranched alkanes of at least 4 members (excludes halogenated alkanes) is 9. The van der Waals surface area contributed by atoms with E-state index in [2.05, 4.69) is 21.1 Å². The maximum absolute atomic E-state index is 12.2. The Morgan fingerprint density at radius 2 is 1.29 bits per heavy atom. The number of carbonyl (C=O) groups excluding carboxylic acids is 3. The van der Waals surface area contributed by atoms with Crippen molar-refractivity contribution in [3.8, 4) is 0 Å². The molecule has 0 aromatic heterocycles. The number of rotatable bonds is 15. The molecule has 0 heterocycles. The second-order valence-electron chi connectivity index (χ2n) is 6.86. The van der Waals surface area contributed by atoms with Crippen molar-refractivity contribution in [3.63, 3.8) is 0 Å². The maximum Gasteiger partial charge on any atom is 0.342 e. The van der Waals surface area contributed by atoms with Crippen LogP contribution in [-0.4, -0.2) is 49.9 Å². The normalized spacial score (nSPS) is 13.5. The van der Waals surface area contributed by atoms with Crippen LogP contribution >= 0.6 is 0 Å². The van der Waals surface area contributed by atoms with Gasteiger partial charge in [0.15, 0.2) is 5.60 Å². The van der Waals surface area contributed by atoms with Gasteiger partial charge in [0.1, 0.15) is 0 Å². The predicted molar refractivity (Wildman–Crippen MR) is 106 cm³/mol. The van der Waals surface area contributed by atoms with Gasteiger partial charge >= 0.3 is 17.9 Å². The zero-order valence-electron chi connectivity index (χ0n) is 17.8. The quantitative estimate of drug-likeness (QED) is 0.194. The Morgan fingerprint density at radius 3 is 1.71 bits per heavy atom. The van der Waals surface area contributed by atoms with Gasteiger partial charge in [-0.3, -0.25) is 0 Å². The highest BCUT2D eigenvalue weighted by Gasteiger charge is 2.45. The lowest BCUT2D eigenvalue weighted by atomic mass is 9.87. The largest absolute Gasteiger partial charge is 0.467 e. The van der Waals surface area contributed by atoms with Gasteiger partial charge in [0.25, 0.3) is 0 Å². The van der Waals surface area contributed by atoms with Crippen molar-refractivity contribution in [3.05, 3.63) is 11.6 Å². The van der Waals surface area contributed by atoms with E-state index in [1.165, 1.54) is 38.5 Å². The lowest BCUT2D eigenvalue weighted by Gasteiger charge is -2.26. The second-order valence-corrected chi connectivity index (χ2v) is 6.86. The molecule has 0 spiro atoms. The minimum Gasteiger partial charge on any atom is -0.467 e. The van der Waals surface area contributed by atoms with Crippen molar-refractivity contribution < 1.29 is 33.7 Å². The smallest absolute Gasteiger partial charge is 0.342 e. The molecule has 0 aliphatic carbocycles. The van der Waals surface area contributed by atoms with Gasteiger partial charge in [0, 0.05) is 6.08 Å². The Kier molecular flexibility index (Phi) is 14.1. The van der Waals surface area contributed by atoms with Crippen LogP contribution in [0, 0.1) is 0 Å². The van der Waals surface area contributed by atoms with E-state index in [4.69, 9.17) is 0 Å². The second kappa shape index (κ2) is 15.1. The maximum atomic E-state index is 12.2. The number of hydrogen-bond donors (Lipinski definition) is 1. The lowest BCUT2D eigenvalue weighted by molar-refractivity contribution is -0.162. The summed E-state index contributed by atoms with van der Waals surface area (Å²) >= 11 is 0. The van der Waals surface area contributed by atoms with E-state index >= 15 is 0 Å². The Bertz CT molecular complexity index is 513. The van der Waals surface area contributed by atoms with Crippen LogP contribution in [0.1, 0.15) is 77.6 Å². The van der Waals surface area contributed by atoms with Gasteiger partial charge in [-0.15, -0.1) is 0 Å². The van der Waals surface area contributed by atoms with E-state index in [-0.39, 0.29) is 6.42 Å². The van der Waals surface area contributed by atoms with Crippen LogP contribution in [0.4, 0.5) is 0 Å². The van der Waals surface area contributed by atoms with Crippen molar-refractivity contribution in [2.24, 2.45) is 0 Å². The zero-order valence-corrected chi connectivity index (χ0v) is 17.8. The van der Waals surface area contributed by atoms with E-state index in [1.54, 1.807) is 0 Å². The number of carbonyl (C=O) groups is 3. The van der Waals surface area contributed by atoms with Crippen LogP contribution in [0.5, 0.6) is 0 Å². The van der Waals surface area contributed by atoms with Gasteiger partial charge in [-0.05, 0) is 12.8 Å². The number of hydrogen-bond acceptors (Lipinski definition) is 7. The first-order valence-corrected chi connectivity index (χ1v) is 10.1. The molecule has 0 aromatic rings. The molecule has 0 rings (SSSR count). The Hall–Kier alpha value is -1.89. The van der Waals surface area contributed by atoms with Gasteiger partial charge in [-0.25, -0.2) is 14.4 Å². The van der Waals surface area contributed by atoms with Gasteiger partial charge in [0.2, 0.25) is 0 Å². The molecule has 0 saturated heterocycles. The Balaban J connectivity index is 4.75. The lowest BCUT2D eigenvalue weighted by Crippen LogP contribution is -2.45. The van der Waals surface area contributed by atoms with E-state index in [9.17, 15) is 19.5 Å². The van der Waals surface area contributed by atoms with Crippen LogP contribution in [0.15, 0.2) is 11.6 Å². The van der Waals surface area contributed by atoms with Crippen molar-refractivity contribution in [2.75, 3.05) is 21.3 Å². The molecule has 1 atom stereocenters. The van der Waals surface area contributed by atoms with Gasteiger partial charge < -0.3 is 19.3 Å². The third kappa shape index (κ3) is 9.35. The predicted octanol–water partition coefficient (Wildman–Crippen LogP) is 3.47. The fraction of sp³-hybridized carbons (Fsp3) is 0.762. The first-order chi connectivity index (χ1) is 13.4. The first kappa shape index (κ1) is 26.1. The number of aliphatic hydroxyl groups is 1. The minimum atomic E-state index is -2.25. The molecule has 0 saturated carbocycles. The first-order valence-electron chi connectivity index (χ1n) is 10.1. The highest BCUT2D eigenvalue weighted by molar-refractivity contribution is 6.04. The molecule has 0 radical (unpaired) electrons. The van der Waals surface area contributed by atoms with E-state index in [0.29, 0.717) is 6.42 Å². The molecular weight excluding hydrogens is 364 g/mol. The average Bonchev–Trinajstić information content (AvgIpc) is 2.71. The molecule has 0 bridgehead atoms. The van der Waals surface area contributed by atoms with Crippen molar-refractivity contribution in [1.29, 1.82) is 0 Å². The Labute approximate surface area is 168 Å². The SMILES string of the molecule is CCCCCCCCCCCCC(O)(C(=O)OC)C(=CC(=O)OC)C(=O)OC. The van der Waals surface area contributed by atoms with Crippen molar-refractivity contribution >= 4 is 17.9 Å². The molecule has 0 aromatic carbocycles. The zero-order chi connectivity index (χ0) is 21.4. The summed E-state index contributed by atoms with van der Waals surface area (Å²) in [5.74, 6) is -2.86. The molecule has 7 heteroatoms. The van der Waals surface area contributed by atoms with E-state index < -0.39 is 29.1 Å². The summed E-state index contributed by atoms with van der Waals surface area (Å²) in [7, 11) is 3.34. The van der Waals surface area contributed by atoms with Crippen molar-refractivity contribution in [2.45, 2.75) is 83.2 Å². The summed E-state index contributed by atoms with van der Waals surface area (Å²) in [6, 6.07) is 0. The van der Waals surface area contributed by atoms with Gasteiger partial charge in [-0.1, -0.05) is 64.7 Å². The molecule has 0 fully saturated rings. The van der Waals surface area contributed by atoms with Gasteiger partial charge in [0.05, 0.1) is 26.9 Å². The molecule has 0 aliphatic rings. The molecular formula is C21H36O7. The van der Waals surface area contributed by atoms with Crippen LogP contribution < -0.4 is 0 Å². The summed E-state index contributed by atoms with van der Waals surface area (Å²) in [5.41, 5.74) is -2.74. The van der Waals surface area contributed by atoms with E-state index in [1.807, 2.05) is 0 Å². The molecule has 162 valence electrons. The molecule has 0 amide bonds. The third-order valence-corrected chi connectivity index (χ3v) is 4.73. The summed E-state index contributed by atoms with van der Waals surface area (Å²) in [4.78, 5) is 35.8. The monoisotopic (exact) mass is 400 g/mol. The van der Waals surface area contributed by atoms with Crippen LogP contribution in [0.2, 0.25) is 0 Å². The highest BCUT2D eigenvalue weighted by Crippen LogP contribution is 2.27. The average molecular weight is 401 g/mol. The number of esters is 3. The van der Waals surface area contributed by atoms with Gasteiger partial charge in [-0.2, -0.15) is 0 Å². The fourth-order valence-electron chi connectivity index (χ4n) is 3.02. The third-order valence-electron chi connectivity index (χ3n) is 4.73. The minimum absolute atomic E-state index is 0.0475. The van der Waals surface area contributed by atoms with Crippen molar-refractivity contribution in [1.82, 2.24) is 0 Å². The number of ether oxygens (including phenoxy) is 3. The standard InChI is InChI=1S/C21H36O7/c1-5-6-7-8-9-10-11-12-13-14-15-21(25,20(24)28-4)17(19(23)27-3)16-18(22)26-2/h16,25H,5-15H2,1-4H3. The fourth-order valence-corrected chi connectivity index (χ4v) is 3.02. The molecule has 1 N–H and O–H groups in total. The summed E-state index contributed by atoms with van der Waals surface area (Å²) in [5, 5.41) is 10.9. The van der Waals surface area contributed by atoms with E-state index in [0.717, 1.165) is 46.7 Å². The summed E-state index contributed by atoms with van der Waals surface area (Å²) in [6.07, 6.45) is 11.5. The molecule has 1 unspecified atom stereocenters. The molecule has 7 nitrogen and oxygen atoms in total. The van der Waals surface area contributed by atoms with Crippen LogP contribution in [0.25, 0.3) is 0 Å². The molecule has 0 aliphatic heterocycles. The summed E-state index contributed by atoms with van der Waals surface area (Å²) < 4.78 is 13.8. The summed E-state index contributed by atoms with van der Waals surface area (Å²) in [6.45, 7) is 2.20. The number of methoxy groups -OCH3 is 3. The Morgan fingerprint density at radius 1 is 0.786 bits per heavy atom. The highest BCUT2D eigenvalue weighted by atomic mass is 16.5. The topological polar surface area (TPSA) is 99.1 Å².